The fraction of sp³-hybridized carbons (Fsp3) is 0.267. The summed E-state index contributed by atoms with van der Waals surface area (Å²) in [6, 6.07) is 9.96. The topological polar surface area (TPSA) is 46.2 Å². The third-order valence-corrected chi connectivity index (χ3v) is 3.87. The van der Waals surface area contributed by atoms with E-state index in [9.17, 15) is 0 Å². The summed E-state index contributed by atoms with van der Waals surface area (Å²) in [6.45, 7) is 0.823. The molecule has 4 nitrogen and oxygen atoms in total. The largest absolute Gasteiger partial charge is 0.496 e. The summed E-state index contributed by atoms with van der Waals surface area (Å²) >= 11 is 6.14. The van der Waals surface area contributed by atoms with Gasteiger partial charge < -0.3 is 4.74 Å². The van der Waals surface area contributed by atoms with Crippen molar-refractivity contribution in [2.45, 2.75) is 12.0 Å². The molecule has 1 aliphatic rings. The van der Waals surface area contributed by atoms with Crippen LogP contribution in [0.2, 0.25) is 5.02 Å². The van der Waals surface area contributed by atoms with E-state index in [0.29, 0.717) is 0 Å². The summed E-state index contributed by atoms with van der Waals surface area (Å²) in [4.78, 5) is 4.07. The summed E-state index contributed by atoms with van der Waals surface area (Å²) in [5.41, 5.74) is 8.84. The van der Waals surface area contributed by atoms with Gasteiger partial charge in [0.25, 0.3) is 0 Å². The fourth-order valence-corrected chi connectivity index (χ4v) is 2.85. The fourth-order valence-electron chi connectivity index (χ4n) is 2.67. The minimum absolute atomic E-state index is 0.172. The summed E-state index contributed by atoms with van der Waals surface area (Å²) < 4.78 is 5.47. The molecule has 0 bridgehead atoms. The Labute approximate surface area is 123 Å². The van der Waals surface area contributed by atoms with Gasteiger partial charge in [0, 0.05) is 35.4 Å². The molecule has 104 valence electrons. The Balaban J connectivity index is 1.99. The van der Waals surface area contributed by atoms with E-state index in [1.807, 2.05) is 42.7 Å². The molecule has 2 heterocycles. The number of nitrogens with one attached hydrogen (secondary N) is 2. The molecule has 1 aromatic carbocycles. The van der Waals surface area contributed by atoms with Crippen molar-refractivity contribution >= 4 is 11.6 Å². The van der Waals surface area contributed by atoms with E-state index in [-0.39, 0.29) is 12.0 Å². The van der Waals surface area contributed by atoms with Crippen LogP contribution in [0.5, 0.6) is 5.75 Å². The van der Waals surface area contributed by atoms with Crippen LogP contribution in [0.3, 0.4) is 0 Å². The molecule has 1 saturated heterocycles. The number of benzene rings is 1. The number of hydrogen-bond acceptors (Lipinski definition) is 4. The van der Waals surface area contributed by atoms with Gasteiger partial charge in [-0.2, -0.15) is 0 Å². The van der Waals surface area contributed by atoms with Gasteiger partial charge in [-0.05, 0) is 35.9 Å². The first kappa shape index (κ1) is 13.4. The van der Waals surface area contributed by atoms with Gasteiger partial charge >= 0.3 is 0 Å². The predicted octanol–water partition coefficient (Wildman–Crippen LogP) is 2.68. The highest BCUT2D eigenvalue weighted by Crippen LogP contribution is 2.38. The van der Waals surface area contributed by atoms with Gasteiger partial charge in [-0.15, -0.1) is 0 Å². The summed E-state index contributed by atoms with van der Waals surface area (Å²) in [6.07, 6.45) is 3.61. The van der Waals surface area contributed by atoms with Crippen LogP contribution in [-0.2, 0) is 0 Å². The van der Waals surface area contributed by atoms with Gasteiger partial charge in [0.1, 0.15) is 5.75 Å². The quantitative estimate of drug-likeness (QED) is 0.912. The van der Waals surface area contributed by atoms with Crippen molar-refractivity contribution in [1.29, 1.82) is 0 Å². The van der Waals surface area contributed by atoms with E-state index in [0.717, 1.165) is 22.9 Å². The zero-order valence-electron chi connectivity index (χ0n) is 11.1. The van der Waals surface area contributed by atoms with Crippen molar-refractivity contribution in [2.24, 2.45) is 0 Å². The Morgan fingerprint density at radius 1 is 1.25 bits per heavy atom. The molecule has 1 aliphatic heterocycles. The summed E-state index contributed by atoms with van der Waals surface area (Å²) in [5.74, 6) is 1.12. The zero-order chi connectivity index (χ0) is 13.9. The number of hydrazine groups is 1. The predicted molar refractivity (Wildman–Crippen MR) is 78.9 cm³/mol. The maximum atomic E-state index is 6.14. The van der Waals surface area contributed by atoms with Gasteiger partial charge in [0.05, 0.1) is 13.2 Å². The number of ether oxygens (including phenoxy) is 1. The second kappa shape index (κ2) is 5.79. The molecule has 2 atom stereocenters. The Morgan fingerprint density at radius 3 is 2.80 bits per heavy atom. The van der Waals surface area contributed by atoms with Crippen molar-refractivity contribution in [3.8, 4) is 5.75 Å². The van der Waals surface area contributed by atoms with Crippen molar-refractivity contribution < 1.29 is 4.74 Å². The van der Waals surface area contributed by atoms with Crippen LogP contribution in [-0.4, -0.2) is 18.6 Å². The lowest BCUT2D eigenvalue weighted by Crippen LogP contribution is -2.24. The van der Waals surface area contributed by atoms with Crippen molar-refractivity contribution in [3.05, 3.63) is 58.9 Å². The SMILES string of the molecule is COc1ccc(Cl)cc1C1CNNC1c1ccncc1. The molecule has 0 saturated carbocycles. The standard InChI is InChI=1S/C15H16ClN3O/c1-20-14-3-2-11(16)8-12(14)13-9-18-19-15(13)10-4-6-17-7-5-10/h2-8,13,15,18-19H,9H2,1H3. The lowest BCUT2D eigenvalue weighted by molar-refractivity contribution is 0.403. The molecule has 0 aliphatic carbocycles. The maximum absolute atomic E-state index is 6.14. The van der Waals surface area contributed by atoms with Gasteiger partial charge in [-0.1, -0.05) is 11.6 Å². The second-order valence-corrected chi connectivity index (χ2v) is 5.21. The smallest absolute Gasteiger partial charge is 0.122 e. The molecular formula is C15H16ClN3O. The Morgan fingerprint density at radius 2 is 2.05 bits per heavy atom. The van der Waals surface area contributed by atoms with Crippen LogP contribution in [0, 0.1) is 0 Å². The molecule has 0 spiro atoms. The first-order valence-corrected chi connectivity index (χ1v) is 6.89. The minimum Gasteiger partial charge on any atom is -0.496 e. The van der Waals surface area contributed by atoms with E-state index in [1.54, 1.807) is 7.11 Å². The molecule has 2 aromatic rings. The molecule has 1 aromatic heterocycles. The molecule has 3 rings (SSSR count). The zero-order valence-corrected chi connectivity index (χ0v) is 11.9. The van der Waals surface area contributed by atoms with E-state index in [2.05, 4.69) is 15.8 Å². The molecule has 0 radical (unpaired) electrons. The van der Waals surface area contributed by atoms with Crippen molar-refractivity contribution in [2.75, 3.05) is 13.7 Å². The van der Waals surface area contributed by atoms with Gasteiger partial charge in [0.2, 0.25) is 0 Å². The highest BCUT2D eigenvalue weighted by molar-refractivity contribution is 6.30. The van der Waals surface area contributed by atoms with Gasteiger partial charge in [-0.25, -0.2) is 5.43 Å². The number of methoxy groups -OCH3 is 1. The molecule has 2 N–H and O–H groups in total. The number of aromatic nitrogens is 1. The van der Waals surface area contributed by atoms with Crippen LogP contribution < -0.4 is 15.6 Å². The first-order chi connectivity index (χ1) is 9.79. The van der Waals surface area contributed by atoms with E-state index >= 15 is 0 Å². The van der Waals surface area contributed by atoms with Crippen LogP contribution in [0.25, 0.3) is 0 Å². The minimum atomic E-state index is 0.172. The lowest BCUT2D eigenvalue weighted by Gasteiger charge is -2.21. The van der Waals surface area contributed by atoms with Crippen LogP contribution in [0.1, 0.15) is 23.1 Å². The number of halogens is 1. The van der Waals surface area contributed by atoms with Crippen LogP contribution in [0.15, 0.2) is 42.7 Å². The normalized spacial score (nSPS) is 21.9. The third kappa shape index (κ3) is 2.50. The monoisotopic (exact) mass is 289 g/mol. The van der Waals surface area contributed by atoms with Crippen molar-refractivity contribution in [3.63, 3.8) is 0 Å². The van der Waals surface area contributed by atoms with Gasteiger partial charge in [0.15, 0.2) is 0 Å². The Kier molecular flexibility index (Phi) is 3.87. The molecule has 20 heavy (non-hydrogen) atoms. The number of nitrogens with zero attached hydrogens (tertiary/aromatic N) is 1. The van der Waals surface area contributed by atoms with Crippen LogP contribution >= 0.6 is 11.6 Å². The number of hydrogen-bond donors (Lipinski definition) is 2. The number of pyridine rings is 1. The van der Waals surface area contributed by atoms with Crippen LogP contribution in [0.4, 0.5) is 0 Å². The summed E-state index contributed by atoms with van der Waals surface area (Å²) in [5, 5.41) is 0.723. The highest BCUT2D eigenvalue weighted by atomic mass is 35.5. The molecule has 1 fully saturated rings. The lowest BCUT2D eigenvalue weighted by atomic mass is 9.88. The molecule has 2 unspecified atom stereocenters. The molecule has 0 amide bonds. The van der Waals surface area contributed by atoms with Gasteiger partial charge in [-0.3, -0.25) is 10.4 Å². The van der Waals surface area contributed by atoms with E-state index in [1.165, 1.54) is 5.56 Å². The first-order valence-electron chi connectivity index (χ1n) is 6.51. The highest BCUT2D eigenvalue weighted by Gasteiger charge is 2.31. The Hall–Kier alpha value is -1.62. The second-order valence-electron chi connectivity index (χ2n) is 4.78. The average Bonchev–Trinajstić information content (AvgIpc) is 2.97. The number of rotatable bonds is 3. The van der Waals surface area contributed by atoms with E-state index in [4.69, 9.17) is 16.3 Å². The Bertz CT molecular complexity index is 591. The average molecular weight is 290 g/mol. The maximum Gasteiger partial charge on any atom is 0.122 e. The van der Waals surface area contributed by atoms with E-state index < -0.39 is 0 Å². The molecular weight excluding hydrogens is 274 g/mol. The van der Waals surface area contributed by atoms with Crippen molar-refractivity contribution in [1.82, 2.24) is 15.8 Å². The molecule has 5 heteroatoms. The summed E-state index contributed by atoms with van der Waals surface area (Å²) in [7, 11) is 1.68. The third-order valence-electron chi connectivity index (χ3n) is 3.64.